The van der Waals surface area contributed by atoms with Crippen LogP contribution in [0.25, 0.3) is 0 Å². The summed E-state index contributed by atoms with van der Waals surface area (Å²) in [6, 6.07) is 8.97. The second-order valence-corrected chi connectivity index (χ2v) is 2.00. The fraction of sp³-hybridized carbons (Fsp3) is 0. The number of benzene rings is 1. The third kappa shape index (κ3) is 2.09. The van der Waals surface area contributed by atoms with Crippen LogP contribution in [0.5, 0.6) is 0 Å². The predicted octanol–water partition coefficient (Wildman–Crippen LogP) is 0.00630. The molecule has 0 heterocycles. The number of hydrogen-bond donors (Lipinski definition) is 1. The standard InChI is InChI=1S/C7H8BNO2/c1-9-11-8(10)7-5-3-2-4-6-7/h2-6,10H,1H2. The third-order valence-electron chi connectivity index (χ3n) is 1.26. The van der Waals surface area contributed by atoms with Crippen LogP contribution in [0.2, 0.25) is 0 Å². The van der Waals surface area contributed by atoms with Crippen LogP contribution in [0.4, 0.5) is 0 Å². The molecule has 0 saturated heterocycles. The highest BCUT2D eigenvalue weighted by molar-refractivity contribution is 6.59. The Kier molecular flexibility index (Phi) is 2.69. The molecule has 0 radical (unpaired) electrons. The van der Waals surface area contributed by atoms with Gasteiger partial charge in [-0.1, -0.05) is 30.3 Å². The summed E-state index contributed by atoms with van der Waals surface area (Å²) in [4.78, 5) is 0. The molecule has 0 amide bonds. The number of nitrogens with zero attached hydrogens (tertiary/aromatic N) is 1. The number of rotatable bonds is 3. The maximum atomic E-state index is 9.16. The summed E-state index contributed by atoms with van der Waals surface area (Å²) in [5, 5.41) is 12.3. The Morgan fingerprint density at radius 2 is 2.00 bits per heavy atom. The minimum absolute atomic E-state index is 0.667. The Balaban J connectivity index is 2.68. The minimum Gasteiger partial charge on any atom is -0.427 e. The zero-order chi connectivity index (χ0) is 8.10. The predicted molar refractivity (Wildman–Crippen MR) is 44.7 cm³/mol. The van der Waals surface area contributed by atoms with E-state index in [1.54, 1.807) is 12.1 Å². The summed E-state index contributed by atoms with van der Waals surface area (Å²) >= 11 is 0. The van der Waals surface area contributed by atoms with Crippen LogP contribution in [-0.2, 0) is 4.76 Å². The molecule has 0 aliphatic heterocycles. The van der Waals surface area contributed by atoms with Crippen molar-refractivity contribution < 1.29 is 9.78 Å². The lowest BCUT2D eigenvalue weighted by atomic mass is 9.80. The number of oxime groups is 1. The van der Waals surface area contributed by atoms with E-state index in [1.807, 2.05) is 18.2 Å². The van der Waals surface area contributed by atoms with Crippen molar-refractivity contribution in [1.82, 2.24) is 0 Å². The van der Waals surface area contributed by atoms with Crippen LogP contribution in [0.3, 0.4) is 0 Å². The van der Waals surface area contributed by atoms with E-state index in [-0.39, 0.29) is 0 Å². The Labute approximate surface area is 65.4 Å². The van der Waals surface area contributed by atoms with E-state index in [0.29, 0.717) is 5.46 Å². The lowest BCUT2D eigenvalue weighted by molar-refractivity contribution is 0.290. The van der Waals surface area contributed by atoms with Crippen LogP contribution in [0.15, 0.2) is 35.5 Å². The van der Waals surface area contributed by atoms with Crippen molar-refractivity contribution in [3.8, 4) is 0 Å². The van der Waals surface area contributed by atoms with Crippen LogP contribution >= 0.6 is 0 Å². The molecule has 3 nitrogen and oxygen atoms in total. The Bertz CT molecular complexity index is 227. The first-order valence-corrected chi connectivity index (χ1v) is 3.19. The fourth-order valence-electron chi connectivity index (χ4n) is 0.749. The smallest absolute Gasteiger partial charge is 0.427 e. The topological polar surface area (TPSA) is 41.8 Å². The van der Waals surface area contributed by atoms with Crippen LogP contribution < -0.4 is 5.46 Å². The second-order valence-electron chi connectivity index (χ2n) is 2.00. The highest BCUT2D eigenvalue weighted by Crippen LogP contribution is 1.87. The SMILES string of the molecule is C=NOB(O)c1ccccc1. The molecule has 0 aliphatic carbocycles. The molecule has 0 aromatic heterocycles. The molecule has 0 atom stereocenters. The second kappa shape index (κ2) is 3.78. The molecule has 11 heavy (non-hydrogen) atoms. The maximum Gasteiger partial charge on any atom is 0.582 e. The summed E-state index contributed by atoms with van der Waals surface area (Å²) in [6.07, 6.45) is 0. The van der Waals surface area contributed by atoms with Gasteiger partial charge in [-0.3, -0.25) is 0 Å². The molecule has 0 saturated carbocycles. The van der Waals surface area contributed by atoms with Gasteiger partial charge in [0.15, 0.2) is 0 Å². The summed E-state index contributed by atoms with van der Waals surface area (Å²) in [5.41, 5.74) is 0.667. The van der Waals surface area contributed by atoms with Gasteiger partial charge in [0.2, 0.25) is 0 Å². The van der Waals surface area contributed by atoms with Gasteiger partial charge < -0.3 is 9.78 Å². The monoisotopic (exact) mass is 149 g/mol. The highest BCUT2D eigenvalue weighted by atomic mass is 16.6. The molecular formula is C7H8BNO2. The fourth-order valence-corrected chi connectivity index (χ4v) is 0.749. The summed E-state index contributed by atoms with van der Waals surface area (Å²) in [5.74, 6) is 0. The molecule has 1 N–H and O–H groups in total. The van der Waals surface area contributed by atoms with E-state index in [4.69, 9.17) is 5.02 Å². The first-order valence-electron chi connectivity index (χ1n) is 3.19. The van der Waals surface area contributed by atoms with Gasteiger partial charge in [0.05, 0.1) is 0 Å². The zero-order valence-corrected chi connectivity index (χ0v) is 5.97. The van der Waals surface area contributed by atoms with Gasteiger partial charge in [0.25, 0.3) is 0 Å². The van der Waals surface area contributed by atoms with E-state index in [2.05, 4.69) is 16.6 Å². The molecule has 1 aromatic carbocycles. The van der Waals surface area contributed by atoms with Gasteiger partial charge in [-0.15, -0.1) is 5.16 Å². The van der Waals surface area contributed by atoms with Crippen molar-refractivity contribution in [3.05, 3.63) is 30.3 Å². The van der Waals surface area contributed by atoms with Crippen molar-refractivity contribution in [1.29, 1.82) is 0 Å². The van der Waals surface area contributed by atoms with Gasteiger partial charge in [0, 0.05) is 6.72 Å². The number of hydrogen-bond acceptors (Lipinski definition) is 3. The molecule has 0 fully saturated rings. The quantitative estimate of drug-likeness (QED) is 0.373. The molecule has 0 spiro atoms. The van der Waals surface area contributed by atoms with E-state index < -0.39 is 7.12 Å². The molecule has 1 rings (SSSR count). The highest BCUT2D eigenvalue weighted by Gasteiger charge is 2.16. The van der Waals surface area contributed by atoms with Gasteiger partial charge in [-0.2, -0.15) is 0 Å². The summed E-state index contributed by atoms with van der Waals surface area (Å²) in [7, 11) is -1.01. The molecule has 0 unspecified atom stereocenters. The van der Waals surface area contributed by atoms with Crippen LogP contribution in [-0.4, -0.2) is 18.9 Å². The van der Waals surface area contributed by atoms with E-state index in [9.17, 15) is 0 Å². The lowest BCUT2D eigenvalue weighted by Crippen LogP contribution is -2.31. The molecule has 0 bridgehead atoms. The van der Waals surface area contributed by atoms with Gasteiger partial charge in [-0.05, 0) is 5.46 Å². The Morgan fingerprint density at radius 1 is 1.36 bits per heavy atom. The molecule has 1 aromatic rings. The largest absolute Gasteiger partial charge is 0.582 e. The van der Waals surface area contributed by atoms with Crippen molar-refractivity contribution >= 4 is 19.3 Å². The van der Waals surface area contributed by atoms with E-state index >= 15 is 0 Å². The van der Waals surface area contributed by atoms with Crippen LogP contribution in [0, 0.1) is 0 Å². The molecule has 0 aliphatic rings. The first kappa shape index (κ1) is 7.82. The molecule has 4 heteroatoms. The maximum absolute atomic E-state index is 9.16. The van der Waals surface area contributed by atoms with Crippen molar-refractivity contribution in [2.75, 3.05) is 0 Å². The van der Waals surface area contributed by atoms with Crippen molar-refractivity contribution in [3.63, 3.8) is 0 Å². The molecule has 56 valence electrons. The normalized spacial score (nSPS) is 8.82. The summed E-state index contributed by atoms with van der Waals surface area (Å²) in [6.45, 7) is 3.09. The lowest BCUT2D eigenvalue weighted by Gasteiger charge is -2.01. The molecular weight excluding hydrogens is 141 g/mol. The average Bonchev–Trinajstić information content (AvgIpc) is 2.07. The van der Waals surface area contributed by atoms with E-state index in [0.717, 1.165) is 0 Å². The third-order valence-corrected chi connectivity index (χ3v) is 1.26. The average molecular weight is 149 g/mol. The van der Waals surface area contributed by atoms with Gasteiger partial charge in [-0.25, -0.2) is 0 Å². The minimum atomic E-state index is -1.01. The Morgan fingerprint density at radius 3 is 2.55 bits per heavy atom. The van der Waals surface area contributed by atoms with Gasteiger partial charge in [0.1, 0.15) is 0 Å². The Hall–Kier alpha value is -1.29. The van der Waals surface area contributed by atoms with Gasteiger partial charge >= 0.3 is 7.12 Å². The summed E-state index contributed by atoms with van der Waals surface area (Å²) < 4.78 is 4.50. The van der Waals surface area contributed by atoms with Crippen molar-refractivity contribution in [2.45, 2.75) is 0 Å². The van der Waals surface area contributed by atoms with Crippen LogP contribution in [0.1, 0.15) is 0 Å². The van der Waals surface area contributed by atoms with E-state index in [1.165, 1.54) is 0 Å². The zero-order valence-electron chi connectivity index (χ0n) is 5.97. The van der Waals surface area contributed by atoms with Crippen molar-refractivity contribution in [2.24, 2.45) is 5.16 Å². The first-order chi connectivity index (χ1) is 5.34.